The van der Waals surface area contributed by atoms with Crippen LogP contribution in [0, 0.1) is 0 Å². The summed E-state index contributed by atoms with van der Waals surface area (Å²) in [6, 6.07) is 20.8. The van der Waals surface area contributed by atoms with Crippen molar-refractivity contribution in [3.8, 4) is 5.75 Å². The van der Waals surface area contributed by atoms with E-state index in [2.05, 4.69) is 61.5 Å². The monoisotopic (exact) mass is 372 g/mol. The Morgan fingerprint density at radius 3 is 2.57 bits per heavy atom. The van der Waals surface area contributed by atoms with Crippen LogP contribution < -0.4 is 4.74 Å². The van der Waals surface area contributed by atoms with Gasteiger partial charge in [-0.05, 0) is 90.1 Å². The molecule has 146 valence electrons. The van der Waals surface area contributed by atoms with Gasteiger partial charge in [0.1, 0.15) is 5.75 Å². The van der Waals surface area contributed by atoms with Crippen LogP contribution in [0.15, 0.2) is 54.6 Å². The van der Waals surface area contributed by atoms with E-state index in [-0.39, 0.29) is 0 Å². The standard InChI is InChI=1S/C27H32O/c1-3-5-6-7-20-8-9-22-17-23(11-10-21(22)16-20)24-12-13-26-19-27(28-4-2)15-14-25(26)18-24/h8-11,14-17,19,24H,3-7,12-13,18H2,1-2H3. The Balaban J connectivity index is 1.50. The average Bonchev–Trinajstić information content (AvgIpc) is 2.73. The van der Waals surface area contributed by atoms with Crippen molar-refractivity contribution in [2.45, 2.75) is 64.7 Å². The summed E-state index contributed by atoms with van der Waals surface area (Å²) < 4.78 is 5.67. The van der Waals surface area contributed by atoms with Crippen molar-refractivity contribution < 1.29 is 4.74 Å². The first-order valence-electron chi connectivity index (χ1n) is 11.0. The molecule has 1 nitrogen and oxygen atoms in total. The zero-order valence-corrected chi connectivity index (χ0v) is 17.3. The highest BCUT2D eigenvalue weighted by Gasteiger charge is 2.20. The van der Waals surface area contributed by atoms with E-state index in [0.29, 0.717) is 5.92 Å². The number of ether oxygens (including phenoxy) is 1. The maximum Gasteiger partial charge on any atom is 0.119 e. The lowest BCUT2D eigenvalue weighted by atomic mass is 9.79. The molecule has 0 bridgehead atoms. The van der Waals surface area contributed by atoms with Crippen LogP contribution >= 0.6 is 0 Å². The van der Waals surface area contributed by atoms with Gasteiger partial charge in [0, 0.05) is 0 Å². The summed E-state index contributed by atoms with van der Waals surface area (Å²) in [6.45, 7) is 5.05. The second-order valence-electron chi connectivity index (χ2n) is 8.20. The minimum absolute atomic E-state index is 0.624. The molecule has 0 aliphatic heterocycles. The fourth-order valence-electron chi connectivity index (χ4n) is 4.57. The molecule has 0 spiro atoms. The van der Waals surface area contributed by atoms with Crippen molar-refractivity contribution in [1.82, 2.24) is 0 Å². The van der Waals surface area contributed by atoms with E-state index in [1.807, 2.05) is 6.92 Å². The number of hydrogen-bond donors (Lipinski definition) is 0. The Hall–Kier alpha value is -2.28. The largest absolute Gasteiger partial charge is 0.494 e. The van der Waals surface area contributed by atoms with Gasteiger partial charge in [-0.3, -0.25) is 0 Å². The SMILES string of the molecule is CCCCCc1ccc2cc(C3CCc4cc(OCC)ccc4C3)ccc2c1. The van der Waals surface area contributed by atoms with Gasteiger partial charge in [-0.15, -0.1) is 0 Å². The summed E-state index contributed by atoms with van der Waals surface area (Å²) in [5.41, 5.74) is 5.93. The minimum Gasteiger partial charge on any atom is -0.494 e. The lowest BCUT2D eigenvalue weighted by Crippen LogP contribution is -2.13. The Labute approximate surface area is 169 Å². The van der Waals surface area contributed by atoms with E-state index in [9.17, 15) is 0 Å². The van der Waals surface area contributed by atoms with E-state index in [1.165, 1.54) is 65.1 Å². The van der Waals surface area contributed by atoms with Gasteiger partial charge in [0.2, 0.25) is 0 Å². The first-order chi connectivity index (χ1) is 13.8. The average molecular weight is 373 g/mol. The number of aryl methyl sites for hydroxylation is 2. The molecule has 3 aromatic rings. The molecule has 4 rings (SSSR count). The Morgan fingerprint density at radius 1 is 0.857 bits per heavy atom. The van der Waals surface area contributed by atoms with Gasteiger partial charge < -0.3 is 4.74 Å². The van der Waals surface area contributed by atoms with Gasteiger partial charge in [-0.25, -0.2) is 0 Å². The summed E-state index contributed by atoms with van der Waals surface area (Å²) >= 11 is 0. The molecule has 28 heavy (non-hydrogen) atoms. The van der Waals surface area contributed by atoms with Gasteiger partial charge in [-0.2, -0.15) is 0 Å². The van der Waals surface area contributed by atoms with Crippen LogP contribution in [0.2, 0.25) is 0 Å². The molecule has 1 aliphatic rings. The van der Waals surface area contributed by atoms with E-state index >= 15 is 0 Å². The van der Waals surface area contributed by atoms with E-state index < -0.39 is 0 Å². The molecule has 0 saturated heterocycles. The lowest BCUT2D eigenvalue weighted by molar-refractivity contribution is 0.339. The topological polar surface area (TPSA) is 9.23 Å². The molecule has 1 atom stereocenters. The molecular weight excluding hydrogens is 340 g/mol. The second kappa shape index (κ2) is 8.82. The normalized spacial score (nSPS) is 16.1. The predicted octanol–water partition coefficient (Wildman–Crippen LogP) is 7.24. The number of hydrogen-bond acceptors (Lipinski definition) is 1. The number of benzene rings is 3. The Kier molecular flexibility index (Phi) is 6.00. The molecule has 3 aromatic carbocycles. The molecule has 0 aromatic heterocycles. The van der Waals surface area contributed by atoms with Crippen LogP contribution in [-0.4, -0.2) is 6.61 Å². The summed E-state index contributed by atoms with van der Waals surface area (Å²) in [6.07, 6.45) is 8.63. The van der Waals surface area contributed by atoms with Crippen molar-refractivity contribution in [1.29, 1.82) is 0 Å². The summed E-state index contributed by atoms with van der Waals surface area (Å²) in [5, 5.41) is 2.77. The Morgan fingerprint density at radius 2 is 1.71 bits per heavy atom. The molecular formula is C27H32O. The molecule has 0 radical (unpaired) electrons. The van der Waals surface area contributed by atoms with Crippen LogP contribution in [0.25, 0.3) is 10.8 Å². The lowest BCUT2D eigenvalue weighted by Gasteiger charge is -2.26. The Bertz CT molecular complexity index is 940. The fraction of sp³-hybridized carbons (Fsp3) is 0.407. The van der Waals surface area contributed by atoms with Crippen molar-refractivity contribution in [3.05, 3.63) is 76.9 Å². The predicted molar refractivity (Wildman–Crippen MR) is 120 cm³/mol. The van der Waals surface area contributed by atoms with E-state index in [4.69, 9.17) is 4.74 Å². The minimum atomic E-state index is 0.624. The van der Waals surface area contributed by atoms with Crippen LogP contribution in [0.5, 0.6) is 5.75 Å². The maximum absolute atomic E-state index is 5.67. The van der Waals surface area contributed by atoms with Crippen LogP contribution in [0.1, 0.15) is 67.7 Å². The molecule has 1 heteroatoms. The van der Waals surface area contributed by atoms with Crippen molar-refractivity contribution in [3.63, 3.8) is 0 Å². The zero-order valence-electron chi connectivity index (χ0n) is 17.3. The zero-order chi connectivity index (χ0) is 19.3. The number of rotatable bonds is 7. The molecule has 0 fully saturated rings. The highest BCUT2D eigenvalue weighted by Crippen LogP contribution is 2.35. The summed E-state index contributed by atoms with van der Waals surface area (Å²) in [5.74, 6) is 1.64. The molecule has 0 heterocycles. The number of unbranched alkanes of at least 4 members (excludes halogenated alkanes) is 2. The third-order valence-corrected chi connectivity index (χ3v) is 6.19. The molecule has 0 saturated carbocycles. The van der Waals surface area contributed by atoms with Crippen LogP contribution in [0.3, 0.4) is 0 Å². The maximum atomic E-state index is 5.67. The summed E-state index contributed by atoms with van der Waals surface area (Å²) in [4.78, 5) is 0. The molecule has 1 unspecified atom stereocenters. The van der Waals surface area contributed by atoms with Crippen LogP contribution in [0.4, 0.5) is 0 Å². The first-order valence-corrected chi connectivity index (χ1v) is 11.0. The van der Waals surface area contributed by atoms with Gasteiger partial charge in [0.25, 0.3) is 0 Å². The quantitative estimate of drug-likeness (QED) is 0.397. The first kappa shape index (κ1) is 19.1. The second-order valence-corrected chi connectivity index (χ2v) is 8.20. The van der Waals surface area contributed by atoms with Gasteiger partial charge in [-0.1, -0.05) is 62.2 Å². The van der Waals surface area contributed by atoms with Gasteiger partial charge in [0.15, 0.2) is 0 Å². The van der Waals surface area contributed by atoms with Gasteiger partial charge >= 0.3 is 0 Å². The molecule has 1 aliphatic carbocycles. The summed E-state index contributed by atoms with van der Waals surface area (Å²) in [7, 11) is 0. The van der Waals surface area contributed by atoms with E-state index in [1.54, 1.807) is 0 Å². The van der Waals surface area contributed by atoms with E-state index in [0.717, 1.165) is 25.2 Å². The van der Waals surface area contributed by atoms with Crippen LogP contribution in [-0.2, 0) is 19.3 Å². The fourth-order valence-corrected chi connectivity index (χ4v) is 4.57. The van der Waals surface area contributed by atoms with Crippen molar-refractivity contribution in [2.75, 3.05) is 6.61 Å². The van der Waals surface area contributed by atoms with Crippen molar-refractivity contribution in [2.24, 2.45) is 0 Å². The van der Waals surface area contributed by atoms with Gasteiger partial charge in [0.05, 0.1) is 6.61 Å². The highest BCUT2D eigenvalue weighted by molar-refractivity contribution is 5.84. The third-order valence-electron chi connectivity index (χ3n) is 6.19. The number of fused-ring (bicyclic) bond motifs is 2. The van der Waals surface area contributed by atoms with Crippen molar-refractivity contribution >= 4 is 10.8 Å². The molecule has 0 amide bonds. The smallest absolute Gasteiger partial charge is 0.119 e. The molecule has 0 N–H and O–H groups in total. The highest BCUT2D eigenvalue weighted by atomic mass is 16.5. The third kappa shape index (κ3) is 4.24.